The Labute approximate surface area is 437 Å². The summed E-state index contributed by atoms with van der Waals surface area (Å²) in [7, 11) is 2.81. The van der Waals surface area contributed by atoms with Gasteiger partial charge < -0.3 is 68.3 Å². The number of benzene rings is 1. The molecule has 2 aliphatic rings. The van der Waals surface area contributed by atoms with Crippen molar-refractivity contribution >= 4 is 59.2 Å². The number of nitrogens with one attached hydrogen (secondary N) is 6. The number of carboxylic acids is 2. The molecule has 1 fully saturated rings. The van der Waals surface area contributed by atoms with Crippen LogP contribution in [0.4, 0.5) is 0 Å². The van der Waals surface area contributed by atoms with E-state index in [9.17, 15) is 58.5 Å². The van der Waals surface area contributed by atoms with Gasteiger partial charge in [0.15, 0.2) is 5.96 Å². The standard InChI is InChI=1S/C52H76N10O13/c1-28(25-29(2)41(75-8)27-34-13-10-9-11-14-34)16-21-37-30(3)44(65)59-39(50(71)72)22-23-42(64)62(7)33(6)47(68)56-32(5)46(67)60-40(26-35-17-19-36(63)20-18-35)49(70)61-43(51(73)74)31(4)45(66)58-38(48(69)57-37)15-12-24-55-52(53)54/h9-11,13-14,16-17,19,21,25,29-32,35-41,43,63H,6,12,15,18,20,22-24,26-27H2,1-5,7-8H3,(H,56,68)(H,57,69)(H,58,66)(H,59,65)(H,60,67)(H,61,70)(H,71,72)(H,73,74)(H4,53,54,55)/b21-16+,28-25+/t29-,30-,31-,32+,35?,36?,37?,38?,39+,40-,41-,43?/m0/s1. The lowest BCUT2D eigenvalue weighted by Crippen LogP contribution is -2.59. The molecule has 3 rings (SSSR count). The number of aliphatic carboxylic acids is 2. The van der Waals surface area contributed by atoms with Crippen LogP contribution in [0.2, 0.25) is 0 Å². The number of aliphatic hydroxyl groups is 1. The SMILES string of the molecule is C=C1C(=O)N[C@H](C)C(=O)N[C@@H](CC2C=CC(O)CC2)C(=O)NC(C(=O)O)[C@H](C)C(=O)NC(CCCN=C(N)N)C(=O)NC(/C=C/C(C)=C/[C@H](C)[C@H](Cc2ccccc2)OC)[C@H](C)C(=O)N[C@@H](C(=O)O)CCC(=O)N1C. The maximum absolute atomic E-state index is 14.5. The Hall–Kier alpha value is -7.40. The van der Waals surface area contributed by atoms with E-state index in [0.29, 0.717) is 24.8 Å². The molecule has 1 heterocycles. The number of hydrogen-bond donors (Lipinski definition) is 11. The van der Waals surface area contributed by atoms with Gasteiger partial charge in [-0.2, -0.15) is 0 Å². The summed E-state index contributed by atoms with van der Waals surface area (Å²) >= 11 is 0. The van der Waals surface area contributed by atoms with Gasteiger partial charge in [-0.05, 0) is 70.3 Å². The summed E-state index contributed by atoms with van der Waals surface area (Å²) in [5.74, 6) is -13.0. The van der Waals surface area contributed by atoms with Crippen LogP contribution in [-0.2, 0) is 54.3 Å². The van der Waals surface area contributed by atoms with Crippen LogP contribution >= 0.6 is 0 Å². The highest BCUT2D eigenvalue weighted by Gasteiger charge is 2.38. The molecule has 1 saturated heterocycles. The Morgan fingerprint density at radius 3 is 2.08 bits per heavy atom. The second-order valence-corrected chi connectivity index (χ2v) is 19.2. The first kappa shape index (κ1) is 61.9. The number of methoxy groups -OCH3 is 1. The van der Waals surface area contributed by atoms with E-state index in [4.69, 9.17) is 16.2 Å². The number of nitrogens with two attached hydrogens (primary N) is 2. The molecule has 75 heavy (non-hydrogen) atoms. The van der Waals surface area contributed by atoms with E-state index in [1.165, 1.54) is 40.0 Å². The summed E-state index contributed by atoms with van der Waals surface area (Å²) in [5, 5.41) is 45.8. The molecular formula is C52H76N10O13. The molecule has 412 valence electrons. The van der Waals surface area contributed by atoms with Crippen molar-refractivity contribution < 1.29 is 63.2 Å². The van der Waals surface area contributed by atoms with Crippen LogP contribution in [0.15, 0.2) is 83.6 Å². The number of allylic oxidation sites excluding steroid dienone is 3. The fraction of sp³-hybridized carbons (Fsp3) is 0.538. The molecule has 0 radical (unpaired) electrons. The Morgan fingerprint density at radius 2 is 1.48 bits per heavy atom. The van der Waals surface area contributed by atoms with Gasteiger partial charge in [0.25, 0.3) is 5.91 Å². The van der Waals surface area contributed by atoms with E-state index in [2.05, 4.69) is 43.5 Å². The van der Waals surface area contributed by atoms with E-state index in [1.807, 2.05) is 43.3 Å². The first-order valence-corrected chi connectivity index (χ1v) is 24.9. The van der Waals surface area contributed by atoms with E-state index < -0.39 is 126 Å². The molecule has 13 N–H and O–H groups in total. The minimum Gasteiger partial charge on any atom is -0.480 e. The minimum atomic E-state index is -1.93. The Bertz CT molecular complexity index is 2340. The first-order valence-electron chi connectivity index (χ1n) is 24.9. The van der Waals surface area contributed by atoms with Crippen LogP contribution < -0.4 is 43.4 Å². The maximum Gasteiger partial charge on any atom is 0.327 e. The lowest BCUT2D eigenvalue weighted by molar-refractivity contribution is -0.146. The fourth-order valence-corrected chi connectivity index (χ4v) is 8.35. The van der Waals surface area contributed by atoms with Gasteiger partial charge >= 0.3 is 11.9 Å². The van der Waals surface area contributed by atoms with Gasteiger partial charge in [-0.1, -0.05) is 93.6 Å². The zero-order valence-electron chi connectivity index (χ0n) is 43.7. The largest absolute Gasteiger partial charge is 0.480 e. The van der Waals surface area contributed by atoms with E-state index >= 15 is 0 Å². The van der Waals surface area contributed by atoms with E-state index in [1.54, 1.807) is 26.2 Å². The van der Waals surface area contributed by atoms with Crippen LogP contribution in [-0.4, -0.2) is 149 Å². The second-order valence-electron chi connectivity index (χ2n) is 19.2. The minimum absolute atomic E-state index is 0.00985. The van der Waals surface area contributed by atoms with Crippen LogP contribution in [0.5, 0.6) is 0 Å². The highest BCUT2D eigenvalue weighted by Crippen LogP contribution is 2.23. The monoisotopic (exact) mass is 1050 g/mol. The molecule has 1 aliphatic heterocycles. The van der Waals surface area contributed by atoms with Crippen molar-refractivity contribution in [2.24, 2.45) is 40.1 Å². The number of carboxylic acid groups (broad SMARTS) is 2. The highest BCUT2D eigenvalue weighted by molar-refractivity contribution is 6.00. The summed E-state index contributed by atoms with van der Waals surface area (Å²) in [5.41, 5.74) is 12.4. The summed E-state index contributed by atoms with van der Waals surface area (Å²) in [6, 6.07) is 0.729. The number of aliphatic imine (C=N–C) groups is 1. The predicted molar refractivity (Wildman–Crippen MR) is 277 cm³/mol. The topological polar surface area (TPSA) is 363 Å². The number of rotatable bonds is 15. The molecule has 1 aliphatic carbocycles. The van der Waals surface area contributed by atoms with Crippen molar-refractivity contribution in [2.45, 2.75) is 134 Å². The van der Waals surface area contributed by atoms with E-state index in [0.717, 1.165) is 10.5 Å². The lowest BCUT2D eigenvalue weighted by Gasteiger charge is -2.29. The second kappa shape index (κ2) is 30.1. The van der Waals surface area contributed by atoms with Crippen LogP contribution in [0, 0.1) is 23.7 Å². The zero-order chi connectivity index (χ0) is 56.1. The van der Waals surface area contributed by atoms with Crippen molar-refractivity contribution in [3.63, 3.8) is 0 Å². The average molecular weight is 1050 g/mol. The predicted octanol–water partition coefficient (Wildman–Crippen LogP) is 0.289. The van der Waals surface area contributed by atoms with Crippen molar-refractivity contribution in [2.75, 3.05) is 20.7 Å². The molecule has 23 heteroatoms. The molecule has 5 unspecified atom stereocenters. The number of carbonyl (C=O) groups excluding carboxylic acids is 7. The van der Waals surface area contributed by atoms with Crippen LogP contribution in [0.1, 0.15) is 85.1 Å². The van der Waals surface area contributed by atoms with Crippen molar-refractivity contribution in [1.29, 1.82) is 0 Å². The van der Waals surface area contributed by atoms with Gasteiger partial charge in [0.2, 0.25) is 35.4 Å². The van der Waals surface area contributed by atoms with Crippen LogP contribution in [0.3, 0.4) is 0 Å². The van der Waals surface area contributed by atoms with Crippen LogP contribution in [0.25, 0.3) is 0 Å². The maximum atomic E-state index is 14.5. The zero-order valence-corrected chi connectivity index (χ0v) is 43.7. The number of ether oxygens (including phenoxy) is 1. The molecule has 1 aromatic rings. The van der Waals surface area contributed by atoms with Crippen molar-refractivity contribution in [3.05, 3.63) is 84.1 Å². The molecule has 0 spiro atoms. The molecule has 12 atom stereocenters. The molecule has 0 bridgehead atoms. The van der Waals surface area contributed by atoms with Crippen molar-refractivity contribution in [3.8, 4) is 0 Å². The number of aliphatic hydroxyl groups excluding tert-OH is 1. The third kappa shape index (κ3) is 20.1. The van der Waals surface area contributed by atoms with Gasteiger partial charge in [0.1, 0.15) is 35.9 Å². The summed E-state index contributed by atoms with van der Waals surface area (Å²) in [6.45, 7) is 11.3. The third-order valence-electron chi connectivity index (χ3n) is 13.2. The Morgan fingerprint density at radius 1 is 0.840 bits per heavy atom. The molecule has 23 nitrogen and oxygen atoms in total. The smallest absolute Gasteiger partial charge is 0.327 e. The van der Waals surface area contributed by atoms with Gasteiger partial charge in [-0.15, -0.1) is 0 Å². The quantitative estimate of drug-likeness (QED) is 0.0281. The normalized spacial score (nSPS) is 27.5. The average Bonchev–Trinajstić information content (AvgIpc) is 3.36. The first-order chi connectivity index (χ1) is 35.3. The number of carbonyl (C=O) groups is 9. The van der Waals surface area contributed by atoms with Crippen molar-refractivity contribution in [1.82, 2.24) is 36.8 Å². The Kier molecular flexibility index (Phi) is 24.8. The van der Waals surface area contributed by atoms with Gasteiger partial charge in [0.05, 0.1) is 30.1 Å². The molecular weight excluding hydrogens is 973 g/mol. The molecule has 7 amide bonds. The molecule has 0 saturated carbocycles. The highest BCUT2D eigenvalue weighted by atomic mass is 16.5. The lowest BCUT2D eigenvalue weighted by atomic mass is 9.88. The number of hydrogen-bond acceptors (Lipinski definition) is 12. The van der Waals surface area contributed by atoms with E-state index in [-0.39, 0.29) is 49.7 Å². The van der Waals surface area contributed by atoms with Gasteiger partial charge in [-0.3, -0.25) is 38.6 Å². The molecule has 1 aromatic carbocycles. The summed E-state index contributed by atoms with van der Waals surface area (Å²) in [6.07, 6.45) is 7.62. The Balaban J connectivity index is 2.13. The van der Waals surface area contributed by atoms with Gasteiger partial charge in [-0.25, -0.2) is 9.59 Å². The number of nitrogens with zero attached hydrogens (tertiary/aromatic N) is 2. The number of guanidine groups is 1. The summed E-state index contributed by atoms with van der Waals surface area (Å²) in [4.78, 5) is 127. The number of amides is 7. The van der Waals surface area contributed by atoms with Gasteiger partial charge in [0, 0.05) is 33.0 Å². The molecule has 0 aromatic heterocycles. The summed E-state index contributed by atoms with van der Waals surface area (Å²) < 4.78 is 5.82. The number of likely N-dealkylation sites (N-methyl/N-ethyl adjacent to an activating group) is 1. The fourth-order valence-electron chi connectivity index (χ4n) is 8.35. The third-order valence-corrected chi connectivity index (χ3v) is 13.2.